The lowest BCUT2D eigenvalue weighted by molar-refractivity contribution is -0.0732. The molecule has 0 aliphatic heterocycles. The molecule has 13 nitrogen and oxygen atoms in total. The van der Waals surface area contributed by atoms with Crippen molar-refractivity contribution >= 4 is 0 Å². The molecule has 0 rings (SSSR count). The van der Waals surface area contributed by atoms with Crippen LogP contribution in [-0.2, 0) is 18.9 Å². The highest BCUT2D eigenvalue weighted by atomic mass is 16.6. The molecule has 5 N–H and O–H groups in total. The van der Waals surface area contributed by atoms with Crippen molar-refractivity contribution in [3.63, 3.8) is 0 Å². The highest BCUT2D eigenvalue weighted by molar-refractivity contribution is 4.71. The van der Waals surface area contributed by atoms with Gasteiger partial charge in [-0.1, -0.05) is 0 Å². The summed E-state index contributed by atoms with van der Waals surface area (Å²) in [5.74, 6) is 0. The fourth-order valence-electron chi connectivity index (χ4n) is 4.20. The molecule has 0 radical (unpaired) electrons. The fraction of sp³-hybridized carbons (Fsp3) is 1.00. The maximum absolute atomic E-state index is 10.0. The van der Waals surface area contributed by atoms with E-state index in [1.54, 1.807) is 0 Å². The molecular weight excluding hydrogens is 500 g/mol. The molecular formula is C25H56N4O9. The summed E-state index contributed by atoms with van der Waals surface area (Å²) in [6.45, 7) is 15.1. The van der Waals surface area contributed by atoms with Gasteiger partial charge < -0.3 is 44.5 Å². The Kier molecular flexibility index (Phi) is 24.0. The first-order chi connectivity index (χ1) is 18.2. The van der Waals surface area contributed by atoms with Gasteiger partial charge in [-0.2, -0.15) is 0 Å². The Morgan fingerprint density at radius 3 is 1.16 bits per heavy atom. The summed E-state index contributed by atoms with van der Waals surface area (Å²) in [6, 6.07) is 0. The van der Waals surface area contributed by atoms with E-state index in [-0.39, 0.29) is 58.3 Å². The second-order valence-electron chi connectivity index (χ2n) is 9.62. The molecule has 0 fully saturated rings. The average Bonchev–Trinajstić information content (AvgIpc) is 2.86. The molecule has 0 aromatic heterocycles. The van der Waals surface area contributed by atoms with E-state index in [1.165, 1.54) is 0 Å². The van der Waals surface area contributed by atoms with Crippen LogP contribution in [0.2, 0.25) is 0 Å². The second-order valence-corrected chi connectivity index (χ2v) is 9.62. The average molecular weight is 557 g/mol. The normalized spacial score (nSPS) is 15.6. The highest BCUT2D eigenvalue weighted by Gasteiger charge is 2.18. The van der Waals surface area contributed by atoms with Crippen molar-refractivity contribution in [1.82, 2.24) is 19.6 Å². The van der Waals surface area contributed by atoms with E-state index in [0.29, 0.717) is 72.1 Å². The van der Waals surface area contributed by atoms with Crippen molar-refractivity contribution in [3.05, 3.63) is 0 Å². The van der Waals surface area contributed by atoms with Crippen LogP contribution < -0.4 is 0 Å². The summed E-state index contributed by atoms with van der Waals surface area (Å²) >= 11 is 0. The van der Waals surface area contributed by atoms with Gasteiger partial charge >= 0.3 is 0 Å². The fourth-order valence-corrected chi connectivity index (χ4v) is 4.20. The number of aliphatic hydroxyl groups excluding tert-OH is 5. The van der Waals surface area contributed by atoms with E-state index < -0.39 is 0 Å². The van der Waals surface area contributed by atoms with Gasteiger partial charge in [-0.3, -0.25) is 19.6 Å². The summed E-state index contributed by atoms with van der Waals surface area (Å²) in [5.41, 5.74) is 0. The van der Waals surface area contributed by atoms with E-state index in [4.69, 9.17) is 34.3 Å². The first-order valence-electron chi connectivity index (χ1n) is 13.6. The monoisotopic (exact) mass is 556 g/mol. The Morgan fingerprint density at radius 2 is 0.763 bits per heavy atom. The van der Waals surface area contributed by atoms with Crippen LogP contribution in [0.5, 0.6) is 0 Å². The van der Waals surface area contributed by atoms with Gasteiger partial charge in [0.05, 0.1) is 37.9 Å². The lowest BCUT2D eigenvalue weighted by Gasteiger charge is -2.32. The van der Waals surface area contributed by atoms with Gasteiger partial charge in [-0.05, 0) is 34.6 Å². The summed E-state index contributed by atoms with van der Waals surface area (Å²) < 4.78 is 21.5. The van der Waals surface area contributed by atoms with Gasteiger partial charge in [0, 0.05) is 72.1 Å². The Bertz CT molecular complexity index is 513. The van der Waals surface area contributed by atoms with Crippen LogP contribution in [0.4, 0.5) is 0 Å². The molecule has 4 atom stereocenters. The van der Waals surface area contributed by atoms with E-state index in [0.717, 1.165) is 0 Å². The number of hydrogen-bond acceptors (Lipinski definition) is 13. The van der Waals surface area contributed by atoms with E-state index in [1.807, 2.05) is 44.4 Å². The Morgan fingerprint density at radius 1 is 0.447 bits per heavy atom. The number of hydrogen-bond donors (Lipinski definition) is 5. The summed E-state index contributed by atoms with van der Waals surface area (Å²) in [6.07, 6.45) is -0.537. The second kappa shape index (κ2) is 24.3. The zero-order valence-electron chi connectivity index (χ0n) is 24.3. The molecule has 0 aliphatic rings. The maximum Gasteiger partial charge on any atom is 0.143 e. The third kappa shape index (κ3) is 19.5. The van der Waals surface area contributed by atoms with Crippen LogP contribution in [0.3, 0.4) is 0 Å². The maximum atomic E-state index is 10.0. The van der Waals surface area contributed by atoms with Gasteiger partial charge in [0.2, 0.25) is 0 Å². The SMILES string of the molecule is CCOC(C)CN(CO)CCN(CCN(CO)CCN(CC(C)OCO)CC(C)OCO)CC(C)OCO. The van der Waals surface area contributed by atoms with E-state index in [9.17, 15) is 10.2 Å². The van der Waals surface area contributed by atoms with Gasteiger partial charge in [0.1, 0.15) is 20.4 Å². The standard InChI is InChI=1S/C25H56N4O9/c1-6-35-22(2)16-29(18-31)12-8-26(13-23(3)36-19-32)7-9-27(17-30)10-11-28(14-24(4)37-20-33)15-25(5)38-21-34/h22-25,30-34H,6-21H2,1-5H3. The van der Waals surface area contributed by atoms with E-state index in [2.05, 4.69) is 9.80 Å². The molecule has 0 spiro atoms. The molecule has 0 aromatic carbocycles. The third-order valence-corrected chi connectivity index (χ3v) is 6.19. The van der Waals surface area contributed by atoms with Crippen LogP contribution in [0, 0.1) is 0 Å². The summed E-state index contributed by atoms with van der Waals surface area (Å²) in [4.78, 5) is 8.19. The molecule has 13 heteroatoms. The van der Waals surface area contributed by atoms with Crippen LogP contribution in [-0.4, -0.2) is 175 Å². The van der Waals surface area contributed by atoms with Crippen molar-refractivity contribution in [1.29, 1.82) is 0 Å². The van der Waals surface area contributed by atoms with Crippen molar-refractivity contribution in [2.45, 2.75) is 59.0 Å². The zero-order valence-corrected chi connectivity index (χ0v) is 24.3. The van der Waals surface area contributed by atoms with Crippen LogP contribution in [0.15, 0.2) is 0 Å². The largest absolute Gasteiger partial charge is 0.381 e. The van der Waals surface area contributed by atoms with Crippen molar-refractivity contribution < 1.29 is 44.5 Å². The predicted octanol–water partition coefficient (Wildman–Crippen LogP) is -1.42. The van der Waals surface area contributed by atoms with Crippen LogP contribution in [0.1, 0.15) is 34.6 Å². The van der Waals surface area contributed by atoms with Crippen molar-refractivity contribution in [3.8, 4) is 0 Å². The van der Waals surface area contributed by atoms with Crippen molar-refractivity contribution in [2.24, 2.45) is 0 Å². The van der Waals surface area contributed by atoms with Gasteiger partial charge in [-0.25, -0.2) is 0 Å². The zero-order chi connectivity index (χ0) is 28.8. The molecule has 0 saturated heterocycles. The summed E-state index contributed by atoms with van der Waals surface area (Å²) in [5, 5.41) is 47.1. The smallest absolute Gasteiger partial charge is 0.143 e. The van der Waals surface area contributed by atoms with Gasteiger partial charge in [-0.15, -0.1) is 0 Å². The Hall–Kier alpha value is -0.520. The summed E-state index contributed by atoms with van der Waals surface area (Å²) in [7, 11) is 0. The minimum Gasteiger partial charge on any atom is -0.381 e. The lowest BCUT2D eigenvalue weighted by Crippen LogP contribution is -2.46. The Labute approximate surface area is 229 Å². The first kappa shape index (κ1) is 37.5. The molecule has 0 aliphatic carbocycles. The number of aliphatic hydroxyl groups is 5. The number of ether oxygens (including phenoxy) is 4. The molecule has 4 unspecified atom stereocenters. The van der Waals surface area contributed by atoms with Crippen molar-refractivity contribution in [2.75, 3.05) is 106 Å². The molecule has 0 saturated carbocycles. The first-order valence-corrected chi connectivity index (χ1v) is 13.6. The molecule has 0 bridgehead atoms. The number of nitrogens with zero attached hydrogens (tertiary/aromatic N) is 4. The highest BCUT2D eigenvalue weighted by Crippen LogP contribution is 2.04. The predicted molar refractivity (Wildman–Crippen MR) is 144 cm³/mol. The molecule has 230 valence electrons. The van der Waals surface area contributed by atoms with Crippen LogP contribution in [0.25, 0.3) is 0 Å². The van der Waals surface area contributed by atoms with Gasteiger partial charge in [0.25, 0.3) is 0 Å². The van der Waals surface area contributed by atoms with Crippen LogP contribution >= 0.6 is 0 Å². The minimum atomic E-state index is -0.354. The quantitative estimate of drug-likeness (QED) is 0.0754. The molecule has 38 heavy (non-hydrogen) atoms. The third-order valence-electron chi connectivity index (χ3n) is 6.19. The lowest BCUT2D eigenvalue weighted by atomic mass is 10.3. The topological polar surface area (TPSA) is 151 Å². The minimum absolute atomic E-state index is 0.0149. The Balaban J connectivity index is 5.03. The number of rotatable bonds is 27. The molecule has 0 amide bonds. The molecule has 0 heterocycles. The van der Waals surface area contributed by atoms with E-state index >= 15 is 0 Å². The molecule has 0 aromatic rings. The van der Waals surface area contributed by atoms with Gasteiger partial charge in [0.15, 0.2) is 0 Å².